The lowest BCUT2D eigenvalue weighted by atomic mass is 10.1. The molecule has 0 bridgehead atoms. The van der Waals surface area contributed by atoms with Crippen molar-refractivity contribution in [3.05, 3.63) is 30.1 Å². The number of halogens is 1. The Hall–Kier alpha value is -1.09. The van der Waals surface area contributed by atoms with Crippen molar-refractivity contribution in [2.24, 2.45) is 5.41 Å². The molecule has 2 aliphatic rings. The van der Waals surface area contributed by atoms with E-state index in [1.807, 2.05) is 12.1 Å². The lowest BCUT2D eigenvalue weighted by molar-refractivity contribution is 0.389. The second kappa shape index (κ2) is 3.95. The molecule has 98 valence electrons. The van der Waals surface area contributed by atoms with E-state index in [-0.39, 0.29) is 11.4 Å². The van der Waals surface area contributed by atoms with Crippen molar-refractivity contribution in [3.63, 3.8) is 0 Å². The molecule has 0 amide bonds. The third kappa shape index (κ3) is 2.24. The van der Waals surface area contributed by atoms with Gasteiger partial charge in [-0.05, 0) is 38.8 Å². The first-order chi connectivity index (χ1) is 8.50. The van der Waals surface area contributed by atoms with Crippen molar-refractivity contribution in [2.75, 3.05) is 24.5 Å². The summed E-state index contributed by atoms with van der Waals surface area (Å²) in [5.74, 6) is -0.106. The molecule has 0 unspecified atom stereocenters. The molecule has 1 aromatic rings. The molecule has 1 heterocycles. The molecule has 3 heteroatoms. The average Bonchev–Trinajstić information content (AvgIpc) is 3.08. The molecule has 1 aromatic carbocycles. The molecule has 0 radical (unpaired) electrons. The summed E-state index contributed by atoms with van der Waals surface area (Å²) in [6.45, 7) is 7.29. The molecule has 1 saturated heterocycles. The highest BCUT2D eigenvalue weighted by molar-refractivity contribution is 5.49. The summed E-state index contributed by atoms with van der Waals surface area (Å²) in [5, 5.41) is 3.63. The Kier molecular flexibility index (Phi) is 2.63. The zero-order valence-electron chi connectivity index (χ0n) is 11.2. The molecule has 0 aromatic heterocycles. The number of anilines is 1. The Bertz CT molecular complexity index is 444. The first-order valence-corrected chi connectivity index (χ1v) is 6.74. The summed E-state index contributed by atoms with van der Waals surface area (Å²) in [6, 6.07) is 7.13. The molecule has 18 heavy (non-hydrogen) atoms. The predicted molar refractivity (Wildman–Crippen MR) is 72.4 cm³/mol. The van der Waals surface area contributed by atoms with Gasteiger partial charge in [0.2, 0.25) is 0 Å². The fourth-order valence-electron chi connectivity index (χ4n) is 2.87. The van der Waals surface area contributed by atoms with Crippen molar-refractivity contribution in [3.8, 4) is 0 Å². The Labute approximate surface area is 108 Å². The van der Waals surface area contributed by atoms with Crippen LogP contribution in [0.4, 0.5) is 10.1 Å². The molecule has 1 N–H and O–H groups in total. The monoisotopic (exact) mass is 248 g/mol. The average molecular weight is 248 g/mol. The minimum atomic E-state index is -0.106. The van der Waals surface area contributed by atoms with Crippen LogP contribution in [0.25, 0.3) is 0 Å². The Morgan fingerprint density at radius 2 is 1.89 bits per heavy atom. The van der Waals surface area contributed by atoms with Crippen LogP contribution in [0.15, 0.2) is 24.3 Å². The van der Waals surface area contributed by atoms with Gasteiger partial charge in [0.25, 0.3) is 0 Å². The van der Waals surface area contributed by atoms with Crippen LogP contribution < -0.4 is 10.2 Å². The fraction of sp³-hybridized carbons (Fsp3) is 0.600. The standard InChI is InChI=1S/C15H21FN2/c1-14(2)10-18(11-15(7-8-15)9-17-14)13-6-4-3-5-12(13)16/h3-6,17H,7-11H2,1-2H3. The van der Waals surface area contributed by atoms with Crippen LogP contribution in [0.1, 0.15) is 26.7 Å². The van der Waals surface area contributed by atoms with Gasteiger partial charge in [-0.2, -0.15) is 0 Å². The van der Waals surface area contributed by atoms with Crippen molar-refractivity contribution in [1.29, 1.82) is 0 Å². The molecule has 3 rings (SSSR count). The van der Waals surface area contributed by atoms with E-state index in [9.17, 15) is 4.39 Å². The van der Waals surface area contributed by atoms with Gasteiger partial charge in [-0.25, -0.2) is 4.39 Å². The third-order valence-corrected chi connectivity index (χ3v) is 4.20. The smallest absolute Gasteiger partial charge is 0.146 e. The maximum Gasteiger partial charge on any atom is 0.146 e. The van der Waals surface area contributed by atoms with Crippen LogP contribution in [0.5, 0.6) is 0 Å². The van der Waals surface area contributed by atoms with Crippen molar-refractivity contribution in [1.82, 2.24) is 5.32 Å². The molecule has 1 saturated carbocycles. The Morgan fingerprint density at radius 3 is 2.56 bits per heavy atom. The fourth-order valence-corrected chi connectivity index (χ4v) is 2.87. The van der Waals surface area contributed by atoms with Gasteiger partial charge in [-0.1, -0.05) is 12.1 Å². The van der Waals surface area contributed by atoms with Crippen LogP contribution in [0, 0.1) is 11.2 Å². The maximum atomic E-state index is 14.0. The van der Waals surface area contributed by atoms with E-state index < -0.39 is 0 Å². The summed E-state index contributed by atoms with van der Waals surface area (Å²) in [6.07, 6.45) is 2.53. The third-order valence-electron chi connectivity index (χ3n) is 4.20. The zero-order chi connectivity index (χ0) is 12.8. The lowest BCUT2D eigenvalue weighted by Crippen LogP contribution is -2.46. The van der Waals surface area contributed by atoms with E-state index in [0.717, 1.165) is 25.3 Å². The number of para-hydroxylation sites is 1. The van der Waals surface area contributed by atoms with Gasteiger partial charge in [0.15, 0.2) is 0 Å². The van der Waals surface area contributed by atoms with Gasteiger partial charge in [0.1, 0.15) is 5.82 Å². The van der Waals surface area contributed by atoms with Gasteiger partial charge >= 0.3 is 0 Å². The first-order valence-electron chi connectivity index (χ1n) is 6.74. The quantitative estimate of drug-likeness (QED) is 0.822. The molecule has 1 aliphatic carbocycles. The molecule has 0 atom stereocenters. The summed E-state index contributed by atoms with van der Waals surface area (Å²) >= 11 is 0. The van der Waals surface area contributed by atoms with Crippen LogP contribution >= 0.6 is 0 Å². The number of benzene rings is 1. The first kappa shape index (κ1) is 12.0. The maximum absolute atomic E-state index is 14.0. The van der Waals surface area contributed by atoms with E-state index in [1.54, 1.807) is 12.1 Å². The van der Waals surface area contributed by atoms with Gasteiger partial charge in [-0.15, -0.1) is 0 Å². The van der Waals surface area contributed by atoms with Gasteiger partial charge in [0.05, 0.1) is 5.69 Å². The lowest BCUT2D eigenvalue weighted by Gasteiger charge is -2.32. The number of hydrogen-bond acceptors (Lipinski definition) is 2. The van der Waals surface area contributed by atoms with Crippen molar-refractivity contribution >= 4 is 5.69 Å². The van der Waals surface area contributed by atoms with Crippen molar-refractivity contribution < 1.29 is 4.39 Å². The Balaban J connectivity index is 1.92. The van der Waals surface area contributed by atoms with E-state index in [4.69, 9.17) is 0 Å². The van der Waals surface area contributed by atoms with Crippen LogP contribution in [0.3, 0.4) is 0 Å². The Morgan fingerprint density at radius 1 is 1.17 bits per heavy atom. The highest BCUT2D eigenvalue weighted by Gasteiger charge is 2.47. The topological polar surface area (TPSA) is 15.3 Å². The molecular weight excluding hydrogens is 227 g/mol. The summed E-state index contributed by atoms with van der Waals surface area (Å²) in [4.78, 5) is 2.22. The SMILES string of the molecule is CC1(C)CN(c2ccccc2F)CC2(CC2)CN1. The van der Waals surface area contributed by atoms with Crippen LogP contribution in [-0.4, -0.2) is 25.2 Å². The number of hydrogen-bond donors (Lipinski definition) is 1. The summed E-state index contributed by atoms with van der Waals surface area (Å²) in [5.41, 5.74) is 1.17. The van der Waals surface area contributed by atoms with E-state index in [0.29, 0.717) is 5.41 Å². The number of nitrogens with zero attached hydrogens (tertiary/aromatic N) is 1. The minimum Gasteiger partial charge on any atom is -0.367 e. The largest absolute Gasteiger partial charge is 0.367 e. The minimum absolute atomic E-state index is 0.0361. The van der Waals surface area contributed by atoms with Gasteiger partial charge in [0, 0.05) is 30.6 Å². The second-order valence-electron chi connectivity index (χ2n) is 6.54. The van der Waals surface area contributed by atoms with E-state index in [2.05, 4.69) is 24.1 Å². The molecule has 1 aliphatic heterocycles. The summed E-state index contributed by atoms with van der Waals surface area (Å²) in [7, 11) is 0. The van der Waals surface area contributed by atoms with Gasteiger partial charge in [-0.3, -0.25) is 0 Å². The summed E-state index contributed by atoms with van der Waals surface area (Å²) < 4.78 is 14.0. The number of rotatable bonds is 1. The van der Waals surface area contributed by atoms with E-state index in [1.165, 1.54) is 12.8 Å². The predicted octanol–water partition coefficient (Wildman–Crippen LogP) is 2.79. The van der Waals surface area contributed by atoms with Crippen LogP contribution in [-0.2, 0) is 0 Å². The molecule has 2 nitrogen and oxygen atoms in total. The number of nitrogens with one attached hydrogen (secondary N) is 1. The zero-order valence-corrected chi connectivity index (χ0v) is 11.2. The second-order valence-corrected chi connectivity index (χ2v) is 6.54. The molecule has 2 fully saturated rings. The molecular formula is C15H21FN2. The van der Waals surface area contributed by atoms with Gasteiger partial charge < -0.3 is 10.2 Å². The van der Waals surface area contributed by atoms with Crippen molar-refractivity contribution in [2.45, 2.75) is 32.2 Å². The van der Waals surface area contributed by atoms with Crippen LogP contribution in [0.2, 0.25) is 0 Å². The van der Waals surface area contributed by atoms with E-state index >= 15 is 0 Å². The normalized spacial score (nSPS) is 24.9. The highest BCUT2D eigenvalue weighted by atomic mass is 19.1. The molecule has 1 spiro atoms. The highest BCUT2D eigenvalue weighted by Crippen LogP contribution is 2.48.